The van der Waals surface area contributed by atoms with Gasteiger partial charge in [0.15, 0.2) is 0 Å². The number of rotatable bonds is 6. The molecule has 0 spiro atoms. The SMILES string of the molecule is CC1C/C(=N\O)CC(Cc2ccccc2)O1.CC1CC(=O)CC(Cc2ccccc2)O1.C[C@@H]1CC(N)C[C@H](Cc2ccccc2)O1. The number of benzene rings is 3. The quantitative estimate of drug-likeness (QED) is 0.223. The van der Waals surface area contributed by atoms with E-state index in [2.05, 4.69) is 60.6 Å². The summed E-state index contributed by atoms with van der Waals surface area (Å²) >= 11 is 0. The highest BCUT2D eigenvalue weighted by atomic mass is 16.5. The van der Waals surface area contributed by atoms with Gasteiger partial charge in [0.2, 0.25) is 0 Å². The molecule has 3 aliphatic heterocycles. The van der Waals surface area contributed by atoms with Crippen molar-refractivity contribution in [2.45, 2.75) is 121 Å². The number of hydrogen-bond donors (Lipinski definition) is 2. The van der Waals surface area contributed by atoms with Crippen molar-refractivity contribution in [3.8, 4) is 0 Å². The first-order chi connectivity index (χ1) is 22.2. The van der Waals surface area contributed by atoms with Crippen LogP contribution in [0.5, 0.6) is 0 Å². The van der Waals surface area contributed by atoms with Crippen LogP contribution in [0.15, 0.2) is 96.2 Å². The first kappa shape index (κ1) is 35.5. The summed E-state index contributed by atoms with van der Waals surface area (Å²) in [5.41, 5.74) is 10.7. The first-order valence-electron chi connectivity index (χ1n) is 16.8. The van der Waals surface area contributed by atoms with E-state index < -0.39 is 0 Å². The lowest BCUT2D eigenvalue weighted by Gasteiger charge is -2.32. The number of nitrogens with zero attached hydrogens (tertiary/aromatic N) is 1. The highest BCUT2D eigenvalue weighted by Gasteiger charge is 2.26. The summed E-state index contributed by atoms with van der Waals surface area (Å²) < 4.78 is 17.5. The van der Waals surface area contributed by atoms with Gasteiger partial charge in [0.25, 0.3) is 0 Å². The zero-order valence-corrected chi connectivity index (χ0v) is 27.7. The Morgan fingerprint density at radius 3 is 1.50 bits per heavy atom. The predicted molar refractivity (Wildman–Crippen MR) is 183 cm³/mol. The van der Waals surface area contributed by atoms with Gasteiger partial charge in [0.1, 0.15) is 5.78 Å². The maximum atomic E-state index is 11.4. The normalized spacial score (nSPS) is 28.7. The van der Waals surface area contributed by atoms with E-state index in [0.717, 1.165) is 50.7 Å². The van der Waals surface area contributed by atoms with Crippen LogP contribution in [0.3, 0.4) is 0 Å². The van der Waals surface area contributed by atoms with Crippen LogP contribution in [0.1, 0.15) is 76.0 Å². The molecule has 3 heterocycles. The minimum atomic E-state index is 0.0728. The van der Waals surface area contributed by atoms with Gasteiger partial charge < -0.3 is 25.2 Å². The number of ketones is 1. The Balaban J connectivity index is 0.000000157. The van der Waals surface area contributed by atoms with E-state index in [1.807, 2.05) is 56.3 Å². The highest BCUT2D eigenvalue weighted by molar-refractivity contribution is 5.85. The molecule has 7 nitrogen and oxygen atoms in total. The van der Waals surface area contributed by atoms with Gasteiger partial charge in [-0.25, -0.2) is 0 Å². The fraction of sp³-hybridized carbons (Fsp3) is 0.487. The molecule has 0 amide bonds. The Bertz CT molecular complexity index is 1310. The molecule has 0 bridgehead atoms. The van der Waals surface area contributed by atoms with Gasteiger partial charge in [-0.15, -0.1) is 0 Å². The van der Waals surface area contributed by atoms with Crippen molar-refractivity contribution in [2.75, 3.05) is 0 Å². The smallest absolute Gasteiger partial charge is 0.138 e. The van der Waals surface area contributed by atoms with E-state index in [1.165, 1.54) is 16.7 Å². The van der Waals surface area contributed by atoms with Gasteiger partial charge in [0.05, 0.1) is 42.3 Å². The fourth-order valence-electron chi connectivity index (χ4n) is 6.57. The van der Waals surface area contributed by atoms with Crippen LogP contribution >= 0.6 is 0 Å². The van der Waals surface area contributed by atoms with Crippen LogP contribution in [-0.2, 0) is 38.3 Å². The monoisotopic (exact) mass is 628 g/mol. The third kappa shape index (κ3) is 12.8. The molecule has 7 heteroatoms. The number of carbonyl (C=O) groups excluding carboxylic acids is 1. The largest absolute Gasteiger partial charge is 0.411 e. The minimum Gasteiger partial charge on any atom is -0.411 e. The van der Waals surface area contributed by atoms with Crippen molar-refractivity contribution in [1.82, 2.24) is 0 Å². The third-order valence-electron chi connectivity index (χ3n) is 8.49. The van der Waals surface area contributed by atoms with Crippen LogP contribution in [-0.4, -0.2) is 59.4 Å². The summed E-state index contributed by atoms with van der Waals surface area (Å²) in [6.45, 7) is 6.09. The molecule has 6 rings (SSSR count). The van der Waals surface area contributed by atoms with Gasteiger partial charge in [0, 0.05) is 31.7 Å². The van der Waals surface area contributed by atoms with Crippen LogP contribution in [0.4, 0.5) is 0 Å². The van der Waals surface area contributed by atoms with Crippen LogP contribution < -0.4 is 5.73 Å². The minimum absolute atomic E-state index is 0.0728. The lowest BCUT2D eigenvalue weighted by molar-refractivity contribution is -0.133. The third-order valence-corrected chi connectivity index (χ3v) is 8.49. The molecule has 0 radical (unpaired) electrons. The maximum absolute atomic E-state index is 11.4. The van der Waals surface area contributed by atoms with Gasteiger partial charge >= 0.3 is 0 Å². The second-order valence-corrected chi connectivity index (χ2v) is 13.0. The number of ether oxygens (including phenoxy) is 3. The first-order valence-corrected chi connectivity index (χ1v) is 16.8. The van der Waals surface area contributed by atoms with Crippen molar-refractivity contribution >= 4 is 11.5 Å². The molecule has 3 saturated heterocycles. The van der Waals surface area contributed by atoms with Crippen molar-refractivity contribution in [1.29, 1.82) is 0 Å². The average molecular weight is 629 g/mol. The predicted octanol–water partition coefficient (Wildman–Crippen LogP) is 7.12. The number of nitrogens with two attached hydrogens (primary N) is 1. The van der Waals surface area contributed by atoms with Gasteiger partial charge in [-0.1, -0.05) is 96.2 Å². The number of oxime groups is 1. The molecule has 0 saturated carbocycles. The molecule has 3 fully saturated rings. The lowest BCUT2D eigenvalue weighted by Crippen LogP contribution is -2.39. The summed E-state index contributed by atoms with van der Waals surface area (Å²) in [5.74, 6) is 0.328. The maximum Gasteiger partial charge on any atom is 0.138 e. The Morgan fingerprint density at radius 2 is 1.04 bits per heavy atom. The molecule has 3 aliphatic rings. The molecule has 5 unspecified atom stereocenters. The highest BCUT2D eigenvalue weighted by Crippen LogP contribution is 2.22. The zero-order chi connectivity index (χ0) is 32.7. The van der Waals surface area contributed by atoms with Crippen molar-refractivity contribution in [2.24, 2.45) is 10.9 Å². The molecule has 7 atom stereocenters. The van der Waals surface area contributed by atoms with Crippen LogP contribution in [0.2, 0.25) is 0 Å². The summed E-state index contributed by atoms with van der Waals surface area (Å²) in [7, 11) is 0. The summed E-state index contributed by atoms with van der Waals surface area (Å²) in [6.07, 6.45) is 8.34. The Morgan fingerprint density at radius 1 is 0.609 bits per heavy atom. The van der Waals surface area contributed by atoms with Crippen molar-refractivity contribution in [3.05, 3.63) is 108 Å². The zero-order valence-electron chi connectivity index (χ0n) is 27.7. The Hall–Kier alpha value is -3.36. The summed E-state index contributed by atoms with van der Waals surface area (Å²) in [5, 5.41) is 12.2. The summed E-state index contributed by atoms with van der Waals surface area (Å²) in [6, 6.07) is 31.2. The number of carbonyl (C=O) groups is 1. The molecule has 0 aliphatic carbocycles. The molecule has 46 heavy (non-hydrogen) atoms. The summed E-state index contributed by atoms with van der Waals surface area (Å²) in [4.78, 5) is 11.4. The van der Waals surface area contributed by atoms with E-state index in [0.29, 0.717) is 36.9 Å². The van der Waals surface area contributed by atoms with Crippen molar-refractivity contribution in [3.63, 3.8) is 0 Å². The Labute approximate surface area is 275 Å². The molecular formula is C39H52N2O5. The van der Waals surface area contributed by atoms with Gasteiger partial charge in [-0.05, 0) is 69.6 Å². The average Bonchev–Trinajstić information content (AvgIpc) is 3.02. The van der Waals surface area contributed by atoms with Crippen LogP contribution in [0, 0.1) is 0 Å². The fourth-order valence-corrected chi connectivity index (χ4v) is 6.57. The second kappa shape index (κ2) is 18.7. The molecule has 3 N–H and O–H groups in total. The lowest BCUT2D eigenvalue weighted by atomic mass is 9.96. The topological polar surface area (TPSA) is 103 Å². The number of hydrogen-bond acceptors (Lipinski definition) is 7. The molecular weight excluding hydrogens is 576 g/mol. The van der Waals surface area contributed by atoms with Gasteiger partial charge in [-0.2, -0.15) is 0 Å². The van der Waals surface area contributed by atoms with E-state index in [4.69, 9.17) is 25.2 Å². The Kier molecular flexibility index (Phi) is 14.4. The van der Waals surface area contributed by atoms with E-state index >= 15 is 0 Å². The second-order valence-electron chi connectivity index (χ2n) is 13.0. The van der Waals surface area contributed by atoms with Crippen LogP contribution in [0.25, 0.3) is 0 Å². The number of Topliss-reactive ketones (excluding diaryl/α,β-unsaturated/α-hetero) is 1. The van der Waals surface area contributed by atoms with Crippen molar-refractivity contribution < 1.29 is 24.2 Å². The van der Waals surface area contributed by atoms with Gasteiger partial charge in [-0.3, -0.25) is 4.79 Å². The van der Waals surface area contributed by atoms with E-state index in [9.17, 15) is 4.79 Å². The molecule has 3 aromatic rings. The molecule has 3 aromatic carbocycles. The standard InChI is InChI=1S/C13H17NO2.C13H19NO.C13H16O2/c1-10-7-12(14-15)9-13(16-10)8-11-5-3-2-4-6-11;2*1-10-7-12(14)9-13(15-10)8-11-5-3-2-4-6-11/h2-6,10,13,15H,7-9H2,1H3;2-6,10,12-13H,7-9,14H2,1H3;2-6,10,13H,7-9H2,1H3/b14-12+;;/t;10-,12?,13+;/m.1./s1. The molecule has 248 valence electrons. The van der Waals surface area contributed by atoms with E-state index in [1.54, 1.807) is 0 Å². The van der Waals surface area contributed by atoms with E-state index in [-0.39, 0.29) is 24.4 Å². The molecule has 0 aromatic heterocycles.